The van der Waals surface area contributed by atoms with Gasteiger partial charge >= 0.3 is 17.9 Å². The molecule has 0 aromatic heterocycles. The number of esters is 2. The number of likely N-dealkylation sites (N-methyl/N-ethyl adjacent to an activating group) is 1. The van der Waals surface area contributed by atoms with Crippen LogP contribution in [0.5, 0.6) is 0 Å². The Morgan fingerprint density at radius 1 is 0.448 bits per heavy atom. The minimum absolute atomic E-state index is 0.180. The van der Waals surface area contributed by atoms with Gasteiger partial charge in [0.05, 0.1) is 34.4 Å². The van der Waals surface area contributed by atoms with Crippen molar-refractivity contribution in [3.05, 3.63) is 36.5 Å². The predicted octanol–water partition coefficient (Wildman–Crippen LogP) is 16.1. The van der Waals surface area contributed by atoms with E-state index >= 15 is 0 Å². The van der Waals surface area contributed by atoms with E-state index in [1.807, 2.05) is 21.1 Å². The first kappa shape index (κ1) is 64.5. The molecule has 1 N–H and O–H groups in total. The number of rotatable bonds is 52. The average Bonchev–Trinajstić information content (AvgIpc) is 3.29. The highest BCUT2D eigenvalue weighted by Crippen LogP contribution is 2.16. The molecule has 392 valence electrons. The van der Waals surface area contributed by atoms with Crippen molar-refractivity contribution >= 4 is 17.9 Å². The van der Waals surface area contributed by atoms with Crippen LogP contribution in [-0.2, 0) is 33.3 Å². The van der Waals surface area contributed by atoms with Crippen molar-refractivity contribution in [2.45, 2.75) is 270 Å². The van der Waals surface area contributed by atoms with Gasteiger partial charge in [-0.1, -0.05) is 230 Å². The zero-order chi connectivity index (χ0) is 49.2. The van der Waals surface area contributed by atoms with Crippen molar-refractivity contribution in [1.29, 1.82) is 0 Å². The average molecular weight is 948 g/mol. The minimum Gasteiger partial charge on any atom is -0.477 e. The van der Waals surface area contributed by atoms with Gasteiger partial charge in [-0.2, -0.15) is 0 Å². The lowest BCUT2D eigenvalue weighted by molar-refractivity contribution is -0.870. The van der Waals surface area contributed by atoms with Gasteiger partial charge in [-0.05, 0) is 51.4 Å². The third-order valence-corrected chi connectivity index (χ3v) is 12.4. The quantitative estimate of drug-likeness (QED) is 0.0211. The second kappa shape index (κ2) is 49.9. The van der Waals surface area contributed by atoms with E-state index in [1.54, 1.807) is 0 Å². The first-order chi connectivity index (χ1) is 32.6. The monoisotopic (exact) mass is 947 g/mol. The number of carboxylic acid groups (broad SMARTS) is 1. The molecule has 0 amide bonds. The summed E-state index contributed by atoms with van der Waals surface area (Å²) in [7, 11) is 5.97. The van der Waals surface area contributed by atoms with Gasteiger partial charge in [-0.3, -0.25) is 9.59 Å². The maximum Gasteiger partial charge on any atom is 0.361 e. The molecule has 9 heteroatoms. The summed E-state index contributed by atoms with van der Waals surface area (Å²) in [4.78, 5) is 37.4. The number of hydrogen-bond acceptors (Lipinski definition) is 7. The van der Waals surface area contributed by atoms with Crippen LogP contribution >= 0.6 is 0 Å². The molecule has 0 heterocycles. The molecule has 2 atom stereocenters. The molecule has 0 rings (SSSR count). The van der Waals surface area contributed by atoms with Gasteiger partial charge in [0, 0.05) is 12.8 Å². The molecule has 67 heavy (non-hydrogen) atoms. The summed E-state index contributed by atoms with van der Waals surface area (Å²) >= 11 is 0. The van der Waals surface area contributed by atoms with Crippen molar-refractivity contribution < 1.29 is 42.9 Å². The van der Waals surface area contributed by atoms with Gasteiger partial charge in [0.1, 0.15) is 13.2 Å². The molecule has 9 nitrogen and oxygen atoms in total. The Bertz CT molecular complexity index is 1190. The first-order valence-corrected chi connectivity index (χ1v) is 28.2. The lowest BCUT2D eigenvalue weighted by Crippen LogP contribution is -2.40. The summed E-state index contributed by atoms with van der Waals surface area (Å²) in [5.41, 5.74) is 0. The minimum atomic E-state index is -1.51. The molecule has 0 saturated heterocycles. The SMILES string of the molecule is CCCCCCC/C=C\C/C=C\C/C=C\CCCCCCCCCCCCC(=O)OC(COC(=O)CCCCCCCCCCCCCCCCCCC)COC(OCC[N+](C)(C)C)C(=O)O. The Morgan fingerprint density at radius 2 is 0.806 bits per heavy atom. The summed E-state index contributed by atoms with van der Waals surface area (Å²) in [6.07, 6.45) is 56.4. The zero-order valence-electron chi connectivity index (χ0n) is 44.6. The van der Waals surface area contributed by atoms with E-state index in [-0.39, 0.29) is 32.2 Å². The maximum absolute atomic E-state index is 12.9. The van der Waals surface area contributed by atoms with Gasteiger partial charge in [0.15, 0.2) is 6.10 Å². The third kappa shape index (κ3) is 51.2. The molecule has 2 unspecified atom stereocenters. The Labute approximate surface area is 413 Å². The van der Waals surface area contributed by atoms with E-state index in [0.29, 0.717) is 17.4 Å². The highest BCUT2D eigenvalue weighted by Gasteiger charge is 2.25. The van der Waals surface area contributed by atoms with Crippen LogP contribution < -0.4 is 0 Å². The lowest BCUT2D eigenvalue weighted by atomic mass is 10.0. The molecule has 0 fully saturated rings. The first-order valence-electron chi connectivity index (χ1n) is 28.2. The van der Waals surface area contributed by atoms with Gasteiger partial charge in [0.25, 0.3) is 6.29 Å². The number of carboxylic acids is 1. The van der Waals surface area contributed by atoms with E-state index in [0.717, 1.165) is 57.8 Å². The predicted molar refractivity (Wildman–Crippen MR) is 281 cm³/mol. The summed E-state index contributed by atoms with van der Waals surface area (Å²) in [5.74, 6) is -2.00. The molecule has 0 aromatic rings. The molecule has 0 aliphatic carbocycles. The maximum atomic E-state index is 12.9. The Kier molecular flexibility index (Phi) is 48.1. The number of nitrogens with zero attached hydrogens (tertiary/aromatic N) is 1. The standard InChI is InChI=1S/C58H107NO8/c1-6-8-10-12-14-16-18-20-22-24-25-26-27-28-29-30-31-33-35-37-39-41-43-45-47-49-56(61)67-54(53-66-58(57(62)63)64-51-50-59(3,4)5)52-65-55(60)48-46-44-42-40-38-36-34-32-23-21-19-17-15-13-11-9-7-2/h18,20,24-25,27-28,54,58H,6-17,19,21-23,26,29-53H2,1-5H3/p+1/b20-18-,25-24-,28-27-. The second-order valence-corrected chi connectivity index (χ2v) is 20.3. The van der Waals surface area contributed by atoms with Crippen LogP contribution in [0, 0.1) is 0 Å². The molecule has 0 bridgehead atoms. The number of aliphatic carboxylic acids is 1. The highest BCUT2D eigenvalue weighted by molar-refractivity contribution is 5.71. The number of allylic oxidation sites excluding steroid dienone is 6. The number of quaternary nitrogens is 1. The van der Waals surface area contributed by atoms with Gasteiger partial charge in [0.2, 0.25) is 0 Å². The van der Waals surface area contributed by atoms with Crippen LogP contribution in [0.4, 0.5) is 0 Å². The van der Waals surface area contributed by atoms with Crippen LogP contribution in [0.2, 0.25) is 0 Å². The van der Waals surface area contributed by atoms with Crippen molar-refractivity contribution in [3.8, 4) is 0 Å². The fourth-order valence-electron chi connectivity index (χ4n) is 8.02. The summed E-state index contributed by atoms with van der Waals surface area (Å²) in [6.45, 7) is 4.89. The smallest absolute Gasteiger partial charge is 0.361 e. The van der Waals surface area contributed by atoms with E-state index in [2.05, 4.69) is 50.3 Å². The van der Waals surface area contributed by atoms with Crippen LogP contribution in [0.25, 0.3) is 0 Å². The summed E-state index contributed by atoms with van der Waals surface area (Å²) < 4.78 is 22.9. The summed E-state index contributed by atoms with van der Waals surface area (Å²) in [6, 6.07) is 0. The normalized spacial score (nSPS) is 13.0. The molecule has 0 saturated carbocycles. The van der Waals surface area contributed by atoms with Crippen molar-refractivity contribution in [2.75, 3.05) is 47.5 Å². The van der Waals surface area contributed by atoms with Crippen molar-refractivity contribution in [3.63, 3.8) is 0 Å². The van der Waals surface area contributed by atoms with Crippen LogP contribution in [0.3, 0.4) is 0 Å². The van der Waals surface area contributed by atoms with E-state index in [1.165, 1.54) is 173 Å². The van der Waals surface area contributed by atoms with Crippen LogP contribution in [0.1, 0.15) is 258 Å². The molecule has 0 radical (unpaired) electrons. The van der Waals surface area contributed by atoms with E-state index < -0.39 is 24.3 Å². The zero-order valence-corrected chi connectivity index (χ0v) is 44.6. The second-order valence-electron chi connectivity index (χ2n) is 20.3. The Hall–Kier alpha value is -2.49. The molecule has 0 aliphatic rings. The summed E-state index contributed by atoms with van der Waals surface area (Å²) in [5, 5.41) is 9.69. The number of ether oxygens (including phenoxy) is 4. The third-order valence-electron chi connectivity index (χ3n) is 12.4. The molecular formula is C58H108NO8+. The molecule has 0 spiro atoms. The number of unbranched alkanes of at least 4 members (excludes halogenated alkanes) is 31. The molecule has 0 aliphatic heterocycles. The number of carbonyl (C=O) groups is 3. The van der Waals surface area contributed by atoms with Gasteiger partial charge in [-0.15, -0.1) is 0 Å². The van der Waals surface area contributed by atoms with Gasteiger partial charge in [-0.25, -0.2) is 4.79 Å². The Morgan fingerprint density at radius 3 is 1.19 bits per heavy atom. The molecule has 0 aromatic carbocycles. The van der Waals surface area contributed by atoms with Crippen LogP contribution in [-0.4, -0.2) is 87.4 Å². The fraction of sp³-hybridized carbons (Fsp3) is 0.845. The van der Waals surface area contributed by atoms with E-state index in [9.17, 15) is 19.5 Å². The lowest BCUT2D eigenvalue weighted by Gasteiger charge is -2.25. The van der Waals surface area contributed by atoms with Gasteiger partial charge < -0.3 is 28.5 Å². The van der Waals surface area contributed by atoms with Crippen LogP contribution in [0.15, 0.2) is 36.5 Å². The van der Waals surface area contributed by atoms with Crippen molar-refractivity contribution in [1.82, 2.24) is 0 Å². The topological polar surface area (TPSA) is 108 Å². The number of carbonyl (C=O) groups excluding carboxylic acids is 2. The van der Waals surface area contributed by atoms with E-state index in [4.69, 9.17) is 18.9 Å². The highest BCUT2D eigenvalue weighted by atomic mass is 16.7. The number of hydrogen-bond donors (Lipinski definition) is 1. The fourth-order valence-corrected chi connectivity index (χ4v) is 8.02. The van der Waals surface area contributed by atoms with Crippen molar-refractivity contribution in [2.24, 2.45) is 0 Å². The largest absolute Gasteiger partial charge is 0.477 e. The molecular weight excluding hydrogens is 839 g/mol. The Balaban J connectivity index is 4.26.